The number of fused-ring (bicyclic) bond motifs is 1. The van der Waals surface area contributed by atoms with Crippen molar-refractivity contribution >= 4 is 23.2 Å². The van der Waals surface area contributed by atoms with Crippen molar-refractivity contribution < 1.29 is 0 Å². The first kappa shape index (κ1) is 13.0. The molecule has 0 amide bonds. The molecular formula is C15H11ClN6. The fourth-order valence-corrected chi connectivity index (χ4v) is 2.57. The van der Waals surface area contributed by atoms with Gasteiger partial charge in [0.25, 0.3) is 0 Å². The van der Waals surface area contributed by atoms with Crippen molar-refractivity contribution in [2.75, 3.05) is 5.32 Å². The summed E-state index contributed by atoms with van der Waals surface area (Å²) >= 11 is 5.95. The number of hydrogen-bond donors (Lipinski definition) is 1. The Morgan fingerprint density at radius 2 is 2.00 bits per heavy atom. The molecular weight excluding hydrogens is 300 g/mol. The summed E-state index contributed by atoms with van der Waals surface area (Å²) in [6.07, 6.45) is 5.63. The lowest BCUT2D eigenvalue weighted by Crippen LogP contribution is -2.20. The van der Waals surface area contributed by atoms with Gasteiger partial charge in [0.1, 0.15) is 6.04 Å². The molecule has 0 radical (unpaired) electrons. The third kappa shape index (κ3) is 2.23. The molecule has 4 rings (SSSR count). The van der Waals surface area contributed by atoms with Crippen LogP contribution in [-0.2, 0) is 0 Å². The lowest BCUT2D eigenvalue weighted by molar-refractivity contribution is 0.584. The van der Waals surface area contributed by atoms with E-state index in [1.807, 2.05) is 42.6 Å². The van der Waals surface area contributed by atoms with Gasteiger partial charge in [-0.1, -0.05) is 34.9 Å². The van der Waals surface area contributed by atoms with E-state index in [0.29, 0.717) is 11.0 Å². The summed E-state index contributed by atoms with van der Waals surface area (Å²) in [6, 6.07) is 11.4. The zero-order valence-electron chi connectivity index (χ0n) is 11.4. The van der Waals surface area contributed by atoms with Crippen molar-refractivity contribution in [3.63, 3.8) is 0 Å². The molecule has 3 aromatic rings. The van der Waals surface area contributed by atoms with Crippen LogP contribution in [0.3, 0.4) is 0 Å². The van der Waals surface area contributed by atoms with Crippen molar-refractivity contribution in [3.8, 4) is 0 Å². The number of pyridine rings is 1. The van der Waals surface area contributed by atoms with Gasteiger partial charge in [0.05, 0.1) is 0 Å². The SMILES string of the molecule is Clc1ccc(C2=C[C@H](c3cccnc3)n3nnnc3N2)cc1. The molecule has 1 N–H and O–H groups in total. The van der Waals surface area contributed by atoms with Crippen LogP contribution in [0.25, 0.3) is 5.70 Å². The Balaban J connectivity index is 1.81. The Labute approximate surface area is 131 Å². The number of anilines is 1. The number of halogens is 1. The molecule has 0 saturated heterocycles. The monoisotopic (exact) mass is 310 g/mol. The average molecular weight is 311 g/mol. The van der Waals surface area contributed by atoms with Crippen LogP contribution in [0.1, 0.15) is 17.2 Å². The highest BCUT2D eigenvalue weighted by atomic mass is 35.5. The number of nitrogens with zero attached hydrogens (tertiary/aromatic N) is 5. The minimum absolute atomic E-state index is 0.106. The number of allylic oxidation sites excluding steroid dienone is 1. The molecule has 1 atom stereocenters. The van der Waals surface area contributed by atoms with Crippen LogP contribution < -0.4 is 5.32 Å². The molecule has 3 heterocycles. The number of nitrogens with one attached hydrogen (secondary N) is 1. The summed E-state index contributed by atoms with van der Waals surface area (Å²) in [6.45, 7) is 0. The topological polar surface area (TPSA) is 68.5 Å². The third-order valence-electron chi connectivity index (χ3n) is 3.51. The molecule has 2 aromatic heterocycles. The van der Waals surface area contributed by atoms with E-state index in [0.717, 1.165) is 16.8 Å². The molecule has 108 valence electrons. The first-order valence-electron chi connectivity index (χ1n) is 6.74. The molecule has 0 spiro atoms. The average Bonchev–Trinajstić information content (AvgIpc) is 3.04. The maximum atomic E-state index is 5.95. The summed E-state index contributed by atoms with van der Waals surface area (Å²) in [5.41, 5.74) is 2.98. The second-order valence-electron chi connectivity index (χ2n) is 4.89. The summed E-state index contributed by atoms with van der Waals surface area (Å²) in [4.78, 5) is 4.18. The molecule has 22 heavy (non-hydrogen) atoms. The summed E-state index contributed by atoms with van der Waals surface area (Å²) in [5.74, 6) is 0.598. The summed E-state index contributed by atoms with van der Waals surface area (Å²) < 4.78 is 1.73. The van der Waals surface area contributed by atoms with E-state index in [-0.39, 0.29) is 6.04 Å². The number of hydrogen-bond acceptors (Lipinski definition) is 5. The number of rotatable bonds is 2. The van der Waals surface area contributed by atoms with Crippen LogP contribution in [-0.4, -0.2) is 25.2 Å². The maximum absolute atomic E-state index is 5.95. The molecule has 0 saturated carbocycles. The van der Waals surface area contributed by atoms with Crippen molar-refractivity contribution in [2.24, 2.45) is 0 Å². The molecule has 0 unspecified atom stereocenters. The van der Waals surface area contributed by atoms with Gasteiger partial charge in [0, 0.05) is 23.1 Å². The van der Waals surface area contributed by atoms with Gasteiger partial charge in [-0.2, -0.15) is 4.68 Å². The van der Waals surface area contributed by atoms with E-state index in [2.05, 4.69) is 31.9 Å². The van der Waals surface area contributed by atoms with Gasteiger partial charge >= 0.3 is 0 Å². The van der Waals surface area contributed by atoms with E-state index in [4.69, 9.17) is 11.6 Å². The highest BCUT2D eigenvalue weighted by molar-refractivity contribution is 6.30. The lowest BCUT2D eigenvalue weighted by atomic mass is 10.0. The molecule has 7 heteroatoms. The van der Waals surface area contributed by atoms with Crippen molar-refractivity contribution in [1.29, 1.82) is 0 Å². The smallest absolute Gasteiger partial charge is 0.248 e. The first-order valence-corrected chi connectivity index (χ1v) is 7.11. The molecule has 6 nitrogen and oxygen atoms in total. The minimum atomic E-state index is -0.106. The Morgan fingerprint density at radius 3 is 2.77 bits per heavy atom. The zero-order chi connectivity index (χ0) is 14.9. The van der Waals surface area contributed by atoms with Crippen LogP contribution >= 0.6 is 11.6 Å². The maximum Gasteiger partial charge on any atom is 0.248 e. The minimum Gasteiger partial charge on any atom is -0.323 e. The van der Waals surface area contributed by atoms with E-state index < -0.39 is 0 Å². The van der Waals surface area contributed by atoms with Crippen LogP contribution in [0.15, 0.2) is 54.9 Å². The van der Waals surface area contributed by atoms with Crippen LogP contribution in [0, 0.1) is 0 Å². The number of aromatic nitrogens is 5. The van der Waals surface area contributed by atoms with Gasteiger partial charge in [-0.05, 0) is 45.8 Å². The van der Waals surface area contributed by atoms with Crippen molar-refractivity contribution in [2.45, 2.75) is 6.04 Å². The van der Waals surface area contributed by atoms with Gasteiger partial charge in [-0.25, -0.2) is 0 Å². The van der Waals surface area contributed by atoms with Gasteiger partial charge in [-0.3, -0.25) is 4.98 Å². The Morgan fingerprint density at radius 1 is 1.14 bits per heavy atom. The van der Waals surface area contributed by atoms with Crippen molar-refractivity contribution in [1.82, 2.24) is 25.2 Å². The lowest BCUT2D eigenvalue weighted by Gasteiger charge is -2.23. The van der Waals surface area contributed by atoms with E-state index in [1.165, 1.54) is 0 Å². The molecule has 0 aliphatic carbocycles. The van der Waals surface area contributed by atoms with Crippen LogP contribution in [0.5, 0.6) is 0 Å². The van der Waals surface area contributed by atoms with Gasteiger partial charge in [-0.15, -0.1) is 0 Å². The van der Waals surface area contributed by atoms with Gasteiger partial charge < -0.3 is 5.32 Å². The molecule has 1 aromatic carbocycles. The highest BCUT2D eigenvalue weighted by Crippen LogP contribution is 2.31. The summed E-state index contributed by atoms with van der Waals surface area (Å²) in [7, 11) is 0. The normalized spacial score (nSPS) is 16.6. The van der Waals surface area contributed by atoms with Gasteiger partial charge in [0.15, 0.2) is 0 Å². The summed E-state index contributed by atoms with van der Waals surface area (Å²) in [5, 5.41) is 15.8. The zero-order valence-corrected chi connectivity index (χ0v) is 12.1. The van der Waals surface area contributed by atoms with Crippen molar-refractivity contribution in [3.05, 3.63) is 71.0 Å². The second kappa shape index (κ2) is 5.23. The first-order chi connectivity index (χ1) is 10.8. The third-order valence-corrected chi connectivity index (χ3v) is 3.76. The standard InChI is InChI=1S/C15H11ClN6/c16-12-5-3-10(4-6-12)13-8-14(11-2-1-7-17-9-11)22-15(18-13)19-20-21-22/h1-9,14H,(H,18,19,21)/t14-/m1/s1. The van der Waals surface area contributed by atoms with E-state index >= 15 is 0 Å². The van der Waals surface area contributed by atoms with E-state index in [9.17, 15) is 0 Å². The largest absolute Gasteiger partial charge is 0.323 e. The van der Waals surface area contributed by atoms with E-state index in [1.54, 1.807) is 10.9 Å². The fourth-order valence-electron chi connectivity index (χ4n) is 2.44. The van der Waals surface area contributed by atoms with Gasteiger partial charge in [0.2, 0.25) is 5.95 Å². The predicted molar refractivity (Wildman–Crippen MR) is 83.2 cm³/mol. The molecule has 1 aliphatic heterocycles. The van der Waals surface area contributed by atoms with Crippen LogP contribution in [0.4, 0.5) is 5.95 Å². The molecule has 1 aliphatic rings. The van der Waals surface area contributed by atoms with Crippen LogP contribution in [0.2, 0.25) is 5.02 Å². The Hall–Kier alpha value is -2.73. The molecule has 0 bridgehead atoms. The predicted octanol–water partition coefficient (Wildman–Crippen LogP) is 2.78. The number of tetrazole rings is 1. The Bertz CT molecular complexity index is 825. The fraction of sp³-hybridized carbons (Fsp3) is 0.0667. The second-order valence-corrected chi connectivity index (χ2v) is 5.33. The highest BCUT2D eigenvalue weighted by Gasteiger charge is 2.24. The quantitative estimate of drug-likeness (QED) is 0.788. The number of benzene rings is 1. The Kier molecular flexibility index (Phi) is 3.08. The molecule has 0 fully saturated rings.